The molecule has 1 saturated heterocycles. The van der Waals surface area contributed by atoms with Crippen LogP contribution in [0, 0.1) is 0 Å². The van der Waals surface area contributed by atoms with Crippen molar-refractivity contribution in [1.82, 2.24) is 10.6 Å². The summed E-state index contributed by atoms with van der Waals surface area (Å²) in [5, 5.41) is 6.31. The number of methoxy groups -OCH3 is 1. The summed E-state index contributed by atoms with van der Waals surface area (Å²) >= 11 is 0. The van der Waals surface area contributed by atoms with E-state index in [2.05, 4.69) is 23.6 Å². The molecule has 5 nitrogen and oxygen atoms in total. The van der Waals surface area contributed by atoms with Crippen LogP contribution in [0.25, 0.3) is 0 Å². The fourth-order valence-corrected chi connectivity index (χ4v) is 3.18. The molecule has 120 valence electrons. The molecular formula is C17H24N2O3. The van der Waals surface area contributed by atoms with Crippen molar-refractivity contribution in [2.75, 3.05) is 13.7 Å². The van der Waals surface area contributed by atoms with Crippen molar-refractivity contribution < 1.29 is 14.3 Å². The molecule has 1 aromatic carbocycles. The summed E-state index contributed by atoms with van der Waals surface area (Å²) < 4.78 is 11.3. The molecule has 0 saturated carbocycles. The van der Waals surface area contributed by atoms with Crippen LogP contribution < -0.4 is 20.1 Å². The number of hydrogen-bond acceptors (Lipinski definition) is 4. The summed E-state index contributed by atoms with van der Waals surface area (Å²) in [6.07, 6.45) is 4.14. The van der Waals surface area contributed by atoms with Crippen molar-refractivity contribution in [3.63, 3.8) is 0 Å². The first-order valence-electron chi connectivity index (χ1n) is 8.05. The zero-order chi connectivity index (χ0) is 15.5. The topological polar surface area (TPSA) is 59.6 Å². The van der Waals surface area contributed by atoms with E-state index in [1.54, 1.807) is 7.11 Å². The van der Waals surface area contributed by atoms with E-state index in [9.17, 15) is 4.79 Å². The second-order valence-corrected chi connectivity index (χ2v) is 6.12. The molecule has 2 unspecified atom stereocenters. The molecule has 1 aromatic rings. The lowest BCUT2D eigenvalue weighted by atomic mass is 10.1. The maximum Gasteiger partial charge on any atom is 0.237 e. The fourth-order valence-electron chi connectivity index (χ4n) is 3.18. The molecule has 0 aromatic heterocycles. The highest BCUT2D eigenvalue weighted by atomic mass is 16.5. The molecule has 2 heterocycles. The van der Waals surface area contributed by atoms with Gasteiger partial charge in [0.25, 0.3) is 0 Å². The van der Waals surface area contributed by atoms with Crippen molar-refractivity contribution in [2.45, 2.75) is 51.3 Å². The molecule has 2 aliphatic rings. The van der Waals surface area contributed by atoms with Crippen LogP contribution in [0.3, 0.4) is 0 Å². The van der Waals surface area contributed by atoms with Gasteiger partial charge in [0, 0.05) is 30.6 Å². The summed E-state index contributed by atoms with van der Waals surface area (Å²) in [5.41, 5.74) is 2.23. The predicted octanol–water partition coefficient (Wildman–Crippen LogP) is 1.78. The molecule has 1 amide bonds. The van der Waals surface area contributed by atoms with Crippen LogP contribution in [0.4, 0.5) is 0 Å². The number of nitrogens with one attached hydrogen (secondary N) is 2. The summed E-state index contributed by atoms with van der Waals surface area (Å²) in [7, 11) is 1.68. The second kappa shape index (κ2) is 6.57. The molecule has 0 spiro atoms. The van der Waals surface area contributed by atoms with Gasteiger partial charge in [-0.3, -0.25) is 4.79 Å². The highest BCUT2D eigenvalue weighted by molar-refractivity contribution is 5.81. The number of amides is 1. The highest BCUT2D eigenvalue weighted by Gasteiger charge is 2.23. The number of ether oxygens (including phenoxy) is 2. The van der Waals surface area contributed by atoms with Crippen molar-refractivity contribution in [3.8, 4) is 11.5 Å². The Morgan fingerprint density at radius 3 is 3.09 bits per heavy atom. The summed E-state index contributed by atoms with van der Waals surface area (Å²) in [5.74, 6) is 1.90. The average molecular weight is 304 g/mol. The molecule has 22 heavy (non-hydrogen) atoms. The minimum absolute atomic E-state index is 0.0995. The van der Waals surface area contributed by atoms with Gasteiger partial charge in [0.2, 0.25) is 5.91 Å². The van der Waals surface area contributed by atoms with Crippen molar-refractivity contribution in [1.29, 1.82) is 0 Å². The quantitative estimate of drug-likeness (QED) is 0.890. The minimum atomic E-state index is -0.125. The van der Waals surface area contributed by atoms with E-state index in [1.807, 2.05) is 6.07 Å². The monoisotopic (exact) mass is 304 g/mol. The van der Waals surface area contributed by atoms with E-state index in [1.165, 1.54) is 5.56 Å². The Morgan fingerprint density at radius 2 is 2.27 bits per heavy atom. The zero-order valence-corrected chi connectivity index (χ0v) is 13.3. The van der Waals surface area contributed by atoms with Crippen LogP contribution in [-0.4, -0.2) is 31.7 Å². The Kier molecular flexibility index (Phi) is 4.52. The van der Waals surface area contributed by atoms with E-state index in [0.29, 0.717) is 6.54 Å². The molecule has 3 rings (SSSR count). The van der Waals surface area contributed by atoms with Gasteiger partial charge in [-0.25, -0.2) is 0 Å². The minimum Gasteiger partial charge on any atom is -0.496 e. The SMILES string of the molecule is COc1cc2c(cc1CNC1CCCCNC1=O)OC(C)C2. The van der Waals surface area contributed by atoms with Gasteiger partial charge in [0.05, 0.1) is 13.2 Å². The molecule has 5 heteroatoms. The van der Waals surface area contributed by atoms with Crippen LogP contribution in [0.5, 0.6) is 11.5 Å². The maximum absolute atomic E-state index is 12.0. The van der Waals surface area contributed by atoms with E-state index in [4.69, 9.17) is 9.47 Å². The Morgan fingerprint density at radius 1 is 1.41 bits per heavy atom. The lowest BCUT2D eigenvalue weighted by Gasteiger charge is -2.17. The normalized spacial score (nSPS) is 24.2. The highest BCUT2D eigenvalue weighted by Crippen LogP contribution is 2.35. The zero-order valence-electron chi connectivity index (χ0n) is 13.3. The van der Waals surface area contributed by atoms with Crippen molar-refractivity contribution in [2.24, 2.45) is 0 Å². The van der Waals surface area contributed by atoms with E-state index >= 15 is 0 Å². The van der Waals surface area contributed by atoms with Gasteiger partial charge < -0.3 is 20.1 Å². The van der Waals surface area contributed by atoms with E-state index in [-0.39, 0.29) is 18.1 Å². The van der Waals surface area contributed by atoms with Crippen molar-refractivity contribution in [3.05, 3.63) is 23.3 Å². The van der Waals surface area contributed by atoms with Crippen molar-refractivity contribution >= 4 is 5.91 Å². The maximum atomic E-state index is 12.0. The Balaban J connectivity index is 1.72. The Hall–Kier alpha value is -1.75. The average Bonchev–Trinajstić information content (AvgIpc) is 2.74. The third-order valence-electron chi connectivity index (χ3n) is 4.37. The molecule has 0 aliphatic carbocycles. The van der Waals surface area contributed by atoms with Crippen LogP contribution in [0.1, 0.15) is 37.3 Å². The van der Waals surface area contributed by atoms with Crippen LogP contribution in [0.2, 0.25) is 0 Å². The molecule has 0 bridgehead atoms. The third kappa shape index (κ3) is 3.19. The fraction of sp³-hybridized carbons (Fsp3) is 0.588. The van der Waals surface area contributed by atoms with Gasteiger partial charge in [-0.1, -0.05) is 0 Å². The standard InChI is InChI=1S/C17H24N2O3/c1-11-7-12-8-15(21-2)13(9-16(12)22-11)10-19-14-5-3-4-6-18-17(14)20/h8-9,11,14,19H,3-7,10H2,1-2H3,(H,18,20). The Labute approximate surface area is 131 Å². The number of hydrogen-bond donors (Lipinski definition) is 2. The number of benzene rings is 1. The lowest BCUT2D eigenvalue weighted by molar-refractivity contribution is -0.122. The number of carbonyl (C=O) groups is 1. The number of carbonyl (C=O) groups excluding carboxylic acids is 1. The molecular weight excluding hydrogens is 280 g/mol. The summed E-state index contributed by atoms with van der Waals surface area (Å²) in [6, 6.07) is 3.97. The predicted molar refractivity (Wildman–Crippen MR) is 84.3 cm³/mol. The Bertz CT molecular complexity index is 559. The first-order valence-corrected chi connectivity index (χ1v) is 8.05. The molecule has 2 aliphatic heterocycles. The first kappa shape index (κ1) is 15.2. The van der Waals surface area contributed by atoms with Gasteiger partial charge in [-0.05, 0) is 38.3 Å². The first-order chi connectivity index (χ1) is 10.7. The largest absolute Gasteiger partial charge is 0.496 e. The smallest absolute Gasteiger partial charge is 0.237 e. The molecule has 1 fully saturated rings. The van der Waals surface area contributed by atoms with Crippen LogP contribution in [0.15, 0.2) is 12.1 Å². The summed E-state index contributed by atoms with van der Waals surface area (Å²) in [6.45, 7) is 3.46. The van der Waals surface area contributed by atoms with Crippen LogP contribution in [-0.2, 0) is 17.8 Å². The summed E-state index contributed by atoms with van der Waals surface area (Å²) in [4.78, 5) is 12.0. The lowest BCUT2D eigenvalue weighted by Crippen LogP contribution is -2.42. The van der Waals surface area contributed by atoms with Gasteiger partial charge >= 0.3 is 0 Å². The molecule has 2 atom stereocenters. The van der Waals surface area contributed by atoms with Crippen LogP contribution >= 0.6 is 0 Å². The van der Waals surface area contributed by atoms with Gasteiger partial charge in [0.1, 0.15) is 17.6 Å². The van der Waals surface area contributed by atoms with Gasteiger partial charge in [-0.2, -0.15) is 0 Å². The third-order valence-corrected chi connectivity index (χ3v) is 4.37. The van der Waals surface area contributed by atoms with E-state index in [0.717, 1.165) is 49.3 Å². The number of rotatable bonds is 4. The molecule has 0 radical (unpaired) electrons. The number of fused-ring (bicyclic) bond motifs is 1. The molecule has 2 N–H and O–H groups in total. The van der Waals surface area contributed by atoms with E-state index < -0.39 is 0 Å². The van der Waals surface area contributed by atoms with Gasteiger partial charge in [-0.15, -0.1) is 0 Å². The second-order valence-electron chi connectivity index (χ2n) is 6.12. The van der Waals surface area contributed by atoms with Gasteiger partial charge in [0.15, 0.2) is 0 Å².